The second-order valence-electron chi connectivity index (χ2n) is 9.42. The van der Waals surface area contributed by atoms with E-state index in [0.29, 0.717) is 48.1 Å². The number of alkyl halides is 3. The Kier molecular flexibility index (Phi) is 8.99. The van der Waals surface area contributed by atoms with E-state index in [1.807, 2.05) is 16.2 Å². The number of halogens is 5. The number of hydrogen-bond acceptors (Lipinski definition) is 5. The lowest BCUT2D eigenvalue weighted by Crippen LogP contribution is -2.21. The molecule has 4 N–H and O–H groups in total. The molecule has 0 saturated heterocycles. The van der Waals surface area contributed by atoms with E-state index in [-0.39, 0.29) is 12.2 Å². The van der Waals surface area contributed by atoms with Crippen molar-refractivity contribution >= 4 is 33.7 Å². The van der Waals surface area contributed by atoms with Crippen molar-refractivity contribution < 1.29 is 41.8 Å². The predicted molar refractivity (Wildman–Crippen MR) is 145 cm³/mol. The third-order valence-corrected chi connectivity index (χ3v) is 6.44. The molecule has 0 saturated carbocycles. The minimum absolute atomic E-state index is 0.0418. The smallest absolute Gasteiger partial charge is 0.481 e. The Morgan fingerprint density at radius 3 is 2.23 bits per heavy atom. The van der Waals surface area contributed by atoms with Crippen molar-refractivity contribution in [1.82, 2.24) is 29.2 Å². The molecule has 0 spiro atoms. The molecule has 0 bridgehead atoms. The van der Waals surface area contributed by atoms with Crippen LogP contribution in [0.5, 0.6) is 0 Å². The van der Waals surface area contributed by atoms with Gasteiger partial charge >= 0.3 is 23.8 Å². The maximum absolute atomic E-state index is 14.3. The number of nitrogens with one attached hydrogen (secondary N) is 2. The van der Waals surface area contributed by atoms with Crippen LogP contribution >= 0.6 is 0 Å². The fraction of sp³-hybridized carbons (Fsp3) is 0.259. The van der Waals surface area contributed by atoms with E-state index in [2.05, 4.69) is 15.5 Å². The molecule has 5 rings (SSSR count). The lowest BCUT2D eigenvalue weighted by molar-refractivity contribution is -0.192. The predicted octanol–water partition coefficient (Wildman–Crippen LogP) is 4.04. The summed E-state index contributed by atoms with van der Waals surface area (Å²) in [6, 6.07) is 8.82. The Hall–Kier alpha value is -4.99. The minimum Gasteiger partial charge on any atom is -0.481 e. The SMILES string of the molecule is Cn1cc(-c2n[nH]c(=O)n2-c2cn(CCCNCCC(=O)O)c3ccc(F)cc23)c2cc(F)ccc21.O=C(O)C(F)(F)F. The van der Waals surface area contributed by atoms with Crippen molar-refractivity contribution in [2.24, 2.45) is 7.05 Å². The number of carbonyl (C=O) groups is 2. The maximum atomic E-state index is 14.3. The van der Waals surface area contributed by atoms with Gasteiger partial charge in [-0.1, -0.05) is 0 Å². The van der Waals surface area contributed by atoms with Gasteiger partial charge in [0, 0.05) is 54.4 Å². The molecule has 0 fully saturated rings. The molecule has 228 valence electrons. The fourth-order valence-electron chi connectivity index (χ4n) is 4.55. The molecule has 2 aromatic carbocycles. The first-order valence-corrected chi connectivity index (χ1v) is 12.7. The molecule has 43 heavy (non-hydrogen) atoms. The lowest BCUT2D eigenvalue weighted by Gasteiger charge is -2.06. The third kappa shape index (κ3) is 6.91. The van der Waals surface area contributed by atoms with Gasteiger partial charge in [0.2, 0.25) is 0 Å². The highest BCUT2D eigenvalue weighted by Crippen LogP contribution is 2.33. The number of fused-ring (bicyclic) bond motifs is 2. The molecule has 3 aromatic heterocycles. The van der Waals surface area contributed by atoms with Gasteiger partial charge in [0.05, 0.1) is 17.6 Å². The van der Waals surface area contributed by atoms with E-state index in [4.69, 9.17) is 15.0 Å². The molecule has 16 heteroatoms. The summed E-state index contributed by atoms with van der Waals surface area (Å²) >= 11 is 0. The summed E-state index contributed by atoms with van der Waals surface area (Å²) in [6.45, 7) is 1.53. The van der Waals surface area contributed by atoms with E-state index in [1.165, 1.54) is 28.8 Å². The Labute approximate surface area is 238 Å². The van der Waals surface area contributed by atoms with Crippen LogP contribution in [0.4, 0.5) is 22.0 Å². The molecule has 0 atom stereocenters. The normalized spacial score (nSPS) is 11.6. The summed E-state index contributed by atoms with van der Waals surface area (Å²) in [6.07, 6.45) is -0.803. The summed E-state index contributed by atoms with van der Waals surface area (Å²) < 4.78 is 65.2. The Balaban J connectivity index is 0.000000541. The number of benzene rings is 2. The number of aromatic amines is 1. The first-order valence-electron chi connectivity index (χ1n) is 12.7. The Morgan fingerprint density at radius 1 is 0.977 bits per heavy atom. The fourth-order valence-corrected chi connectivity index (χ4v) is 4.55. The molecule has 0 radical (unpaired) electrons. The van der Waals surface area contributed by atoms with Gasteiger partial charge in [0.25, 0.3) is 0 Å². The standard InChI is InChI=1S/C25H24F2N6O3.C2HF3O2/c1-31-13-19(17-11-15(26)3-5-20(17)31)24-29-30-25(36)33(24)22-14-32(10-2-8-28-9-7-23(34)35)21-6-4-16(27)12-18(21)22;3-2(4,5)1(6)7/h3-6,11-14,28H,2,7-10H2,1H3,(H,30,36)(H,34,35);(H,6,7). The molecular formula is C27H25F5N6O5. The van der Waals surface area contributed by atoms with Gasteiger partial charge in [-0.25, -0.2) is 28.0 Å². The largest absolute Gasteiger partial charge is 0.490 e. The number of aliphatic carboxylic acids is 2. The molecule has 0 aliphatic rings. The number of rotatable bonds is 9. The number of aryl methyl sites for hydroxylation is 2. The van der Waals surface area contributed by atoms with Crippen LogP contribution in [0.3, 0.4) is 0 Å². The summed E-state index contributed by atoms with van der Waals surface area (Å²) in [5.74, 6) is -4.18. The van der Waals surface area contributed by atoms with E-state index < -0.39 is 35.4 Å². The molecule has 11 nitrogen and oxygen atoms in total. The maximum Gasteiger partial charge on any atom is 0.490 e. The topological polar surface area (TPSA) is 147 Å². The average Bonchev–Trinajstić information content (AvgIpc) is 3.57. The number of carboxylic acid groups (broad SMARTS) is 2. The van der Waals surface area contributed by atoms with E-state index >= 15 is 0 Å². The average molecular weight is 609 g/mol. The highest BCUT2D eigenvalue weighted by atomic mass is 19.4. The van der Waals surface area contributed by atoms with Crippen LogP contribution in [-0.2, 0) is 23.2 Å². The molecule has 5 aromatic rings. The van der Waals surface area contributed by atoms with E-state index in [0.717, 1.165) is 11.0 Å². The van der Waals surface area contributed by atoms with E-state index in [9.17, 15) is 31.5 Å². The molecule has 0 amide bonds. The monoisotopic (exact) mass is 608 g/mol. The van der Waals surface area contributed by atoms with Crippen LogP contribution < -0.4 is 11.0 Å². The van der Waals surface area contributed by atoms with Crippen molar-refractivity contribution in [3.05, 3.63) is 70.9 Å². The molecule has 0 aliphatic carbocycles. The van der Waals surface area contributed by atoms with E-state index in [1.54, 1.807) is 24.5 Å². The first kappa shape index (κ1) is 31.0. The van der Waals surface area contributed by atoms with Gasteiger partial charge in [0.1, 0.15) is 11.6 Å². The van der Waals surface area contributed by atoms with Crippen molar-refractivity contribution in [3.63, 3.8) is 0 Å². The minimum atomic E-state index is -5.08. The lowest BCUT2D eigenvalue weighted by atomic mass is 10.1. The zero-order valence-electron chi connectivity index (χ0n) is 22.5. The highest BCUT2D eigenvalue weighted by molar-refractivity contribution is 5.96. The van der Waals surface area contributed by atoms with Crippen LogP contribution in [0.15, 0.2) is 53.6 Å². The molecular weight excluding hydrogens is 583 g/mol. The summed E-state index contributed by atoms with van der Waals surface area (Å²) in [7, 11) is 1.82. The van der Waals surface area contributed by atoms with Gasteiger partial charge in [-0.2, -0.15) is 18.3 Å². The van der Waals surface area contributed by atoms with Crippen molar-refractivity contribution in [3.8, 4) is 17.1 Å². The van der Waals surface area contributed by atoms with Crippen LogP contribution in [0.2, 0.25) is 0 Å². The molecule has 0 unspecified atom stereocenters. The van der Waals surface area contributed by atoms with Gasteiger partial charge in [0.15, 0.2) is 5.82 Å². The number of nitrogens with zero attached hydrogens (tertiary/aromatic N) is 4. The van der Waals surface area contributed by atoms with Crippen LogP contribution in [0.25, 0.3) is 38.9 Å². The summed E-state index contributed by atoms with van der Waals surface area (Å²) in [4.78, 5) is 32.5. The number of carboxylic acids is 2. The molecule has 3 heterocycles. The van der Waals surface area contributed by atoms with Crippen molar-refractivity contribution in [2.45, 2.75) is 25.6 Å². The van der Waals surface area contributed by atoms with Crippen LogP contribution in [-0.4, -0.2) is 65.3 Å². The summed E-state index contributed by atoms with van der Waals surface area (Å²) in [5.41, 5.74) is 2.02. The Bertz CT molecular complexity index is 1850. The number of H-pyrrole nitrogens is 1. The van der Waals surface area contributed by atoms with Crippen LogP contribution in [0, 0.1) is 11.6 Å². The second-order valence-corrected chi connectivity index (χ2v) is 9.42. The Morgan fingerprint density at radius 2 is 1.60 bits per heavy atom. The summed E-state index contributed by atoms with van der Waals surface area (Å²) in [5, 5.41) is 26.8. The van der Waals surface area contributed by atoms with Gasteiger partial charge in [-0.3, -0.25) is 4.79 Å². The van der Waals surface area contributed by atoms with Crippen LogP contribution in [0.1, 0.15) is 12.8 Å². The quantitative estimate of drug-likeness (QED) is 0.146. The zero-order chi connectivity index (χ0) is 31.5. The third-order valence-electron chi connectivity index (χ3n) is 6.44. The highest BCUT2D eigenvalue weighted by Gasteiger charge is 2.38. The number of hydrogen-bond donors (Lipinski definition) is 4. The first-order chi connectivity index (χ1) is 20.3. The molecule has 0 aliphatic heterocycles. The van der Waals surface area contributed by atoms with Crippen molar-refractivity contribution in [2.75, 3.05) is 13.1 Å². The van der Waals surface area contributed by atoms with Gasteiger partial charge in [-0.05, 0) is 49.4 Å². The van der Waals surface area contributed by atoms with Crippen molar-refractivity contribution in [1.29, 1.82) is 0 Å². The number of aromatic nitrogens is 5. The zero-order valence-corrected chi connectivity index (χ0v) is 22.5. The second kappa shape index (κ2) is 12.5. The van der Waals surface area contributed by atoms with Gasteiger partial charge in [-0.15, -0.1) is 0 Å². The van der Waals surface area contributed by atoms with Gasteiger partial charge < -0.3 is 24.7 Å².